The highest BCUT2D eigenvalue weighted by Gasteiger charge is 2.49. The number of hydrogen-bond donors (Lipinski definition) is 1. The number of pyridine rings is 2. The molecule has 162 valence electrons. The molecule has 1 aliphatic heterocycles. The predicted octanol–water partition coefficient (Wildman–Crippen LogP) is 3.79. The van der Waals surface area contributed by atoms with Crippen molar-refractivity contribution in [3.63, 3.8) is 0 Å². The third-order valence-electron chi connectivity index (χ3n) is 5.86. The number of aliphatic imine (C=N–C) groups is 1. The summed E-state index contributed by atoms with van der Waals surface area (Å²) in [5, 5.41) is 1.38. The summed E-state index contributed by atoms with van der Waals surface area (Å²) >= 11 is 6.03. The van der Waals surface area contributed by atoms with Gasteiger partial charge in [0.2, 0.25) is 0 Å². The average molecular weight is 461 g/mol. The summed E-state index contributed by atoms with van der Waals surface area (Å²) in [7, 11) is -3.64. The number of hydrogen-bond acceptors (Lipinski definition) is 6. The number of aromatic nitrogens is 2. The maximum Gasteiger partial charge on any atom is 0.165 e. The second-order valence-electron chi connectivity index (χ2n) is 8.51. The van der Waals surface area contributed by atoms with Crippen LogP contribution in [0.3, 0.4) is 0 Å². The number of amidine groups is 1. The van der Waals surface area contributed by atoms with Crippen molar-refractivity contribution < 1.29 is 12.8 Å². The lowest BCUT2D eigenvalue weighted by Crippen LogP contribution is -2.55. The maximum absolute atomic E-state index is 14.9. The SMILES string of the molecule is CC1(C)C(N)=N[C@](C)(c2cc(Cc3nccc4cc(Cl)cnc34)ccc2F)CS1(=O)=O. The molecule has 0 saturated heterocycles. The monoisotopic (exact) mass is 460 g/mol. The van der Waals surface area contributed by atoms with E-state index >= 15 is 0 Å². The van der Waals surface area contributed by atoms with Crippen molar-refractivity contribution in [1.29, 1.82) is 0 Å². The molecule has 3 heterocycles. The Bertz CT molecular complexity index is 1340. The summed E-state index contributed by atoms with van der Waals surface area (Å²) in [5.41, 5.74) is 7.03. The van der Waals surface area contributed by atoms with Gasteiger partial charge in [-0.15, -0.1) is 0 Å². The van der Waals surface area contributed by atoms with Gasteiger partial charge >= 0.3 is 0 Å². The molecule has 4 rings (SSSR count). The van der Waals surface area contributed by atoms with Gasteiger partial charge < -0.3 is 5.73 Å². The second kappa shape index (κ2) is 7.24. The summed E-state index contributed by atoms with van der Waals surface area (Å²) in [5.74, 6) is -0.892. The van der Waals surface area contributed by atoms with E-state index in [-0.39, 0.29) is 17.2 Å². The molecule has 0 radical (unpaired) electrons. The first-order valence-electron chi connectivity index (χ1n) is 9.69. The van der Waals surface area contributed by atoms with E-state index in [1.54, 1.807) is 37.5 Å². The van der Waals surface area contributed by atoms with E-state index in [9.17, 15) is 12.8 Å². The van der Waals surface area contributed by atoms with Crippen molar-refractivity contribution in [2.45, 2.75) is 37.5 Å². The van der Waals surface area contributed by atoms with Gasteiger partial charge in [0, 0.05) is 29.8 Å². The van der Waals surface area contributed by atoms with Gasteiger partial charge in [-0.2, -0.15) is 0 Å². The smallest absolute Gasteiger partial charge is 0.165 e. The zero-order chi connectivity index (χ0) is 22.6. The van der Waals surface area contributed by atoms with Crippen LogP contribution in [0.25, 0.3) is 10.9 Å². The van der Waals surface area contributed by atoms with Crippen LogP contribution in [0.1, 0.15) is 37.6 Å². The standard InChI is InChI=1S/C22H22ClFN4O2S/c1-21(2)20(25)28-22(3,12-31(21,29)30)16-8-13(4-5-17(16)24)9-18-19-14(6-7-26-18)10-15(23)11-27-19/h4-8,10-11H,9,12H2,1-3H3,(H2,25,28)/t22-/m0/s1. The Hall–Kier alpha value is -2.58. The molecule has 0 aliphatic carbocycles. The van der Waals surface area contributed by atoms with Crippen LogP contribution in [0, 0.1) is 5.82 Å². The van der Waals surface area contributed by atoms with Crippen LogP contribution < -0.4 is 5.73 Å². The van der Waals surface area contributed by atoms with E-state index < -0.39 is 25.9 Å². The topological polar surface area (TPSA) is 98.3 Å². The first-order chi connectivity index (χ1) is 14.4. The minimum absolute atomic E-state index is 0.0251. The first kappa shape index (κ1) is 21.6. The Labute approximate surface area is 185 Å². The van der Waals surface area contributed by atoms with Crippen LogP contribution in [-0.4, -0.2) is 34.7 Å². The van der Waals surface area contributed by atoms with Gasteiger partial charge in [0.05, 0.1) is 22.0 Å². The number of fused-ring (bicyclic) bond motifs is 1. The lowest BCUT2D eigenvalue weighted by atomic mass is 9.91. The van der Waals surface area contributed by atoms with Crippen LogP contribution in [0.5, 0.6) is 0 Å². The van der Waals surface area contributed by atoms with Gasteiger partial charge in [0.1, 0.15) is 21.9 Å². The van der Waals surface area contributed by atoms with E-state index in [0.29, 0.717) is 22.7 Å². The summed E-state index contributed by atoms with van der Waals surface area (Å²) < 4.78 is 39.3. The second-order valence-corrected chi connectivity index (χ2v) is 11.5. The number of nitrogens with zero attached hydrogens (tertiary/aromatic N) is 3. The Morgan fingerprint density at radius 1 is 1.16 bits per heavy atom. The molecule has 2 N–H and O–H groups in total. The van der Waals surface area contributed by atoms with Crippen molar-refractivity contribution in [2.75, 3.05) is 5.75 Å². The lowest BCUT2D eigenvalue weighted by molar-refractivity contribution is 0.475. The quantitative estimate of drug-likeness (QED) is 0.641. The summed E-state index contributed by atoms with van der Waals surface area (Å²) in [6, 6.07) is 8.23. The van der Waals surface area contributed by atoms with Gasteiger partial charge in [-0.3, -0.25) is 15.0 Å². The molecule has 0 bridgehead atoms. The Morgan fingerprint density at radius 3 is 2.61 bits per heavy atom. The summed E-state index contributed by atoms with van der Waals surface area (Å²) in [6.07, 6.45) is 3.60. The van der Waals surface area contributed by atoms with Crippen molar-refractivity contribution in [1.82, 2.24) is 9.97 Å². The molecule has 0 amide bonds. The summed E-state index contributed by atoms with van der Waals surface area (Å²) in [6.45, 7) is 4.62. The van der Waals surface area contributed by atoms with Crippen LogP contribution in [0.2, 0.25) is 5.02 Å². The molecule has 1 atom stereocenters. The summed E-state index contributed by atoms with van der Waals surface area (Å²) in [4.78, 5) is 13.2. The normalized spacial score (nSPS) is 22.3. The highest BCUT2D eigenvalue weighted by atomic mass is 35.5. The molecular weight excluding hydrogens is 439 g/mol. The number of sulfone groups is 1. The van der Waals surface area contributed by atoms with Crippen molar-refractivity contribution in [2.24, 2.45) is 10.7 Å². The average Bonchev–Trinajstić information content (AvgIpc) is 2.67. The molecule has 2 aromatic heterocycles. The van der Waals surface area contributed by atoms with E-state index in [1.807, 2.05) is 6.07 Å². The zero-order valence-corrected chi connectivity index (χ0v) is 18.9. The largest absolute Gasteiger partial charge is 0.386 e. The van der Waals surface area contributed by atoms with E-state index in [0.717, 1.165) is 10.9 Å². The minimum Gasteiger partial charge on any atom is -0.386 e. The van der Waals surface area contributed by atoms with E-state index in [1.165, 1.54) is 19.9 Å². The molecule has 6 nitrogen and oxygen atoms in total. The lowest BCUT2D eigenvalue weighted by Gasteiger charge is -2.38. The molecule has 3 aromatic rings. The third kappa shape index (κ3) is 3.68. The van der Waals surface area contributed by atoms with Crippen LogP contribution in [-0.2, 0) is 21.8 Å². The van der Waals surface area contributed by atoms with Gasteiger partial charge in [-0.05, 0) is 44.5 Å². The molecular formula is C22H22ClFN4O2S. The van der Waals surface area contributed by atoms with Gasteiger partial charge in [-0.1, -0.05) is 23.7 Å². The van der Waals surface area contributed by atoms with Crippen LogP contribution >= 0.6 is 11.6 Å². The zero-order valence-electron chi connectivity index (χ0n) is 17.4. The highest BCUT2D eigenvalue weighted by molar-refractivity contribution is 7.93. The predicted molar refractivity (Wildman–Crippen MR) is 121 cm³/mol. The molecule has 0 saturated carbocycles. The van der Waals surface area contributed by atoms with E-state index in [2.05, 4.69) is 15.0 Å². The molecule has 1 aliphatic rings. The molecule has 0 spiro atoms. The first-order valence-corrected chi connectivity index (χ1v) is 11.7. The van der Waals surface area contributed by atoms with Crippen LogP contribution in [0.4, 0.5) is 4.39 Å². The third-order valence-corrected chi connectivity index (χ3v) is 8.77. The molecule has 0 fully saturated rings. The Kier molecular flexibility index (Phi) is 5.05. The van der Waals surface area contributed by atoms with Crippen molar-refractivity contribution in [3.8, 4) is 0 Å². The molecule has 1 aromatic carbocycles. The Morgan fingerprint density at radius 2 is 1.90 bits per heavy atom. The number of nitrogens with two attached hydrogens (primary N) is 1. The Balaban J connectivity index is 1.78. The number of rotatable bonds is 3. The highest BCUT2D eigenvalue weighted by Crippen LogP contribution is 2.38. The molecule has 0 unspecified atom stereocenters. The molecule has 31 heavy (non-hydrogen) atoms. The minimum atomic E-state index is -3.64. The number of halogens is 2. The van der Waals surface area contributed by atoms with Gasteiger partial charge in [0.25, 0.3) is 0 Å². The number of benzene rings is 1. The fraction of sp³-hybridized carbons (Fsp3) is 0.318. The van der Waals surface area contributed by atoms with E-state index in [4.69, 9.17) is 17.3 Å². The fourth-order valence-electron chi connectivity index (χ4n) is 3.79. The van der Waals surface area contributed by atoms with Gasteiger partial charge in [0.15, 0.2) is 9.84 Å². The van der Waals surface area contributed by atoms with Crippen LogP contribution in [0.15, 0.2) is 47.7 Å². The van der Waals surface area contributed by atoms with Gasteiger partial charge in [-0.25, -0.2) is 12.8 Å². The van der Waals surface area contributed by atoms with Crippen molar-refractivity contribution >= 4 is 38.2 Å². The molecule has 9 heteroatoms. The maximum atomic E-state index is 14.9. The fourth-order valence-corrected chi connectivity index (χ4v) is 5.64. The van der Waals surface area contributed by atoms with Crippen molar-refractivity contribution in [3.05, 3.63) is 70.4 Å².